The molecule has 0 spiro atoms. The Labute approximate surface area is 213 Å². The van der Waals surface area contributed by atoms with Crippen LogP contribution in [0.5, 0.6) is 0 Å². The monoisotopic (exact) mass is 510 g/mol. The van der Waals surface area contributed by atoms with Crippen molar-refractivity contribution in [2.45, 2.75) is 38.1 Å². The molecular formula is C27H34N4O4S. The van der Waals surface area contributed by atoms with E-state index in [-0.39, 0.29) is 10.7 Å². The van der Waals surface area contributed by atoms with E-state index in [0.29, 0.717) is 28.8 Å². The molecule has 8 nitrogen and oxygen atoms in total. The summed E-state index contributed by atoms with van der Waals surface area (Å²) in [5.74, 6) is 0.737. The fraction of sp³-hybridized carbons (Fsp3) is 0.259. The molecule has 0 aliphatic carbocycles. The van der Waals surface area contributed by atoms with Crippen molar-refractivity contribution in [2.24, 2.45) is 11.7 Å². The lowest BCUT2D eigenvalue weighted by Crippen LogP contribution is -2.23. The predicted octanol–water partition coefficient (Wildman–Crippen LogP) is 5.66. The summed E-state index contributed by atoms with van der Waals surface area (Å²) in [7, 11) is -3.32. The molecule has 0 saturated carbocycles. The van der Waals surface area contributed by atoms with Gasteiger partial charge in [-0.05, 0) is 48.7 Å². The van der Waals surface area contributed by atoms with Gasteiger partial charge in [-0.1, -0.05) is 62.7 Å². The Bertz CT molecular complexity index is 1290. The summed E-state index contributed by atoms with van der Waals surface area (Å²) in [6.45, 7) is 6.59. The maximum Gasteiger partial charge on any atom is 0.409 e. The third kappa shape index (κ3) is 8.42. The first-order chi connectivity index (χ1) is 16.9. The zero-order valence-corrected chi connectivity index (χ0v) is 21.8. The summed E-state index contributed by atoms with van der Waals surface area (Å²) < 4.78 is 23.5. The summed E-state index contributed by atoms with van der Waals surface area (Å²) in [4.78, 5) is 10.8. The van der Waals surface area contributed by atoms with Gasteiger partial charge in [0.1, 0.15) is 5.84 Å². The number of nitrogen functional groups attached to an aromatic ring is 1. The average molecular weight is 511 g/mol. The SMILES string of the molecule is CCC(C)[C@H](C)Nc1cccc(C(=N)N)c1.CS(=O)(=O)c1ccccc1-c1ccc(NC(=O)O)cc1. The van der Waals surface area contributed by atoms with Crippen molar-refractivity contribution in [3.05, 3.63) is 78.4 Å². The first-order valence-corrected chi connectivity index (χ1v) is 13.4. The summed E-state index contributed by atoms with van der Waals surface area (Å²) in [6, 6.07) is 21.3. The Morgan fingerprint density at radius 2 is 1.64 bits per heavy atom. The van der Waals surface area contributed by atoms with Crippen molar-refractivity contribution in [3.63, 3.8) is 0 Å². The van der Waals surface area contributed by atoms with E-state index < -0.39 is 15.9 Å². The van der Waals surface area contributed by atoms with Crippen LogP contribution in [0.3, 0.4) is 0 Å². The van der Waals surface area contributed by atoms with Crippen LogP contribution in [-0.2, 0) is 9.84 Å². The van der Waals surface area contributed by atoms with Crippen molar-refractivity contribution in [2.75, 3.05) is 16.9 Å². The van der Waals surface area contributed by atoms with Crippen LogP contribution in [0.25, 0.3) is 11.1 Å². The molecule has 192 valence electrons. The fourth-order valence-electron chi connectivity index (χ4n) is 3.42. The van der Waals surface area contributed by atoms with Crippen molar-refractivity contribution >= 4 is 33.1 Å². The maximum atomic E-state index is 11.7. The molecule has 36 heavy (non-hydrogen) atoms. The molecule has 3 aromatic rings. The molecule has 0 aliphatic heterocycles. The van der Waals surface area contributed by atoms with E-state index in [1.54, 1.807) is 48.5 Å². The Morgan fingerprint density at radius 3 is 2.19 bits per heavy atom. The van der Waals surface area contributed by atoms with Crippen LogP contribution in [-0.4, -0.2) is 37.8 Å². The van der Waals surface area contributed by atoms with E-state index in [2.05, 4.69) is 31.4 Å². The minimum Gasteiger partial charge on any atom is -0.465 e. The van der Waals surface area contributed by atoms with Crippen molar-refractivity contribution < 1.29 is 18.3 Å². The van der Waals surface area contributed by atoms with Crippen LogP contribution in [0.15, 0.2) is 77.7 Å². The average Bonchev–Trinajstić information content (AvgIpc) is 2.83. The third-order valence-electron chi connectivity index (χ3n) is 5.80. The van der Waals surface area contributed by atoms with E-state index in [4.69, 9.17) is 16.2 Å². The Balaban J connectivity index is 0.000000261. The van der Waals surface area contributed by atoms with Gasteiger partial charge in [0.25, 0.3) is 0 Å². The number of benzene rings is 3. The third-order valence-corrected chi connectivity index (χ3v) is 6.95. The van der Waals surface area contributed by atoms with Crippen LogP contribution in [0.4, 0.5) is 16.2 Å². The number of amides is 1. The second kappa shape index (κ2) is 12.7. The number of nitrogens with one attached hydrogen (secondary N) is 3. The molecule has 0 aliphatic rings. The Hall–Kier alpha value is -3.85. The van der Waals surface area contributed by atoms with Crippen LogP contribution in [0.2, 0.25) is 0 Å². The predicted molar refractivity (Wildman–Crippen MR) is 147 cm³/mol. The molecule has 2 atom stereocenters. The second-order valence-corrected chi connectivity index (χ2v) is 10.6. The number of hydrogen-bond donors (Lipinski definition) is 5. The first-order valence-electron chi connectivity index (χ1n) is 11.5. The number of amidine groups is 1. The van der Waals surface area contributed by atoms with Crippen molar-refractivity contribution in [1.82, 2.24) is 0 Å². The van der Waals surface area contributed by atoms with Crippen LogP contribution >= 0.6 is 0 Å². The molecule has 0 saturated heterocycles. The Kier molecular flexibility index (Phi) is 10.0. The minimum absolute atomic E-state index is 0.111. The minimum atomic E-state index is -3.32. The van der Waals surface area contributed by atoms with Gasteiger partial charge in [0, 0.05) is 34.8 Å². The normalized spacial score (nSPS) is 12.4. The fourth-order valence-corrected chi connectivity index (χ4v) is 4.33. The standard InChI is InChI=1S/C14H13NO4S.C13H21N3/c1-20(18,19)13-5-3-2-4-12(13)10-6-8-11(9-7-10)15-14(16)17;1-4-9(2)10(3)16-12-7-5-6-11(8-12)13(14)15/h2-9,15H,1H3,(H,16,17);5-10,16H,4H2,1-3H3,(H3,14,15)/t;9?,10-/m.0/s1. The van der Waals surface area contributed by atoms with Gasteiger partial charge in [-0.2, -0.15) is 0 Å². The highest BCUT2D eigenvalue weighted by atomic mass is 32.2. The van der Waals surface area contributed by atoms with Crippen LogP contribution in [0, 0.1) is 11.3 Å². The van der Waals surface area contributed by atoms with Crippen LogP contribution in [0.1, 0.15) is 32.8 Å². The number of sulfone groups is 1. The highest BCUT2D eigenvalue weighted by Gasteiger charge is 2.14. The van der Waals surface area contributed by atoms with Gasteiger partial charge in [-0.25, -0.2) is 13.2 Å². The number of carbonyl (C=O) groups is 1. The van der Waals surface area contributed by atoms with E-state index in [9.17, 15) is 13.2 Å². The molecule has 0 heterocycles. The van der Waals surface area contributed by atoms with E-state index in [1.165, 1.54) is 0 Å². The zero-order chi connectivity index (χ0) is 26.9. The summed E-state index contributed by atoms with van der Waals surface area (Å²) in [5, 5.41) is 21.7. The van der Waals surface area contributed by atoms with Gasteiger partial charge in [-0.15, -0.1) is 0 Å². The summed E-state index contributed by atoms with van der Waals surface area (Å²) in [5.41, 5.74) is 8.98. The Morgan fingerprint density at radius 1 is 1.00 bits per heavy atom. The molecule has 0 fully saturated rings. The molecule has 0 aromatic heterocycles. The lowest BCUT2D eigenvalue weighted by molar-refractivity contribution is 0.209. The number of anilines is 2. The lowest BCUT2D eigenvalue weighted by Gasteiger charge is -2.21. The number of carboxylic acid groups (broad SMARTS) is 1. The smallest absolute Gasteiger partial charge is 0.409 e. The number of hydrogen-bond acceptors (Lipinski definition) is 5. The van der Waals surface area contributed by atoms with E-state index in [0.717, 1.165) is 23.9 Å². The van der Waals surface area contributed by atoms with E-state index >= 15 is 0 Å². The van der Waals surface area contributed by atoms with Crippen LogP contribution < -0.4 is 16.4 Å². The van der Waals surface area contributed by atoms with Gasteiger partial charge >= 0.3 is 6.09 Å². The first kappa shape index (κ1) is 28.4. The quantitative estimate of drug-likeness (QED) is 0.195. The topological polar surface area (TPSA) is 145 Å². The van der Waals surface area contributed by atoms with Gasteiger partial charge < -0.3 is 16.2 Å². The largest absolute Gasteiger partial charge is 0.465 e. The zero-order valence-electron chi connectivity index (χ0n) is 20.9. The number of rotatable bonds is 8. The van der Waals surface area contributed by atoms with Gasteiger partial charge in [0.15, 0.2) is 9.84 Å². The van der Waals surface area contributed by atoms with Gasteiger partial charge in [0.05, 0.1) is 4.90 Å². The molecule has 0 radical (unpaired) electrons. The highest BCUT2D eigenvalue weighted by molar-refractivity contribution is 7.90. The maximum absolute atomic E-state index is 11.7. The molecule has 3 rings (SSSR count). The summed E-state index contributed by atoms with van der Waals surface area (Å²) >= 11 is 0. The molecule has 1 unspecified atom stereocenters. The van der Waals surface area contributed by atoms with Gasteiger partial charge in [-0.3, -0.25) is 10.7 Å². The molecule has 0 bridgehead atoms. The lowest BCUT2D eigenvalue weighted by atomic mass is 10.0. The molecular weight excluding hydrogens is 476 g/mol. The highest BCUT2D eigenvalue weighted by Crippen LogP contribution is 2.28. The molecule has 9 heteroatoms. The molecule has 3 aromatic carbocycles. The molecule has 1 amide bonds. The van der Waals surface area contributed by atoms with Gasteiger partial charge in [0.2, 0.25) is 0 Å². The van der Waals surface area contributed by atoms with E-state index in [1.807, 2.05) is 24.3 Å². The molecule has 6 N–H and O–H groups in total. The summed E-state index contributed by atoms with van der Waals surface area (Å²) in [6.07, 6.45) is 1.17. The van der Waals surface area contributed by atoms with Crippen molar-refractivity contribution in [3.8, 4) is 11.1 Å². The van der Waals surface area contributed by atoms with Crippen molar-refractivity contribution in [1.29, 1.82) is 5.41 Å². The number of nitrogens with two attached hydrogens (primary N) is 1. The second-order valence-electron chi connectivity index (χ2n) is 8.59.